The second kappa shape index (κ2) is 6.66. The van der Waals surface area contributed by atoms with Crippen LogP contribution in [0.4, 0.5) is 14.5 Å². The lowest BCUT2D eigenvalue weighted by Gasteiger charge is -2.15. The number of amides is 1. The van der Waals surface area contributed by atoms with Crippen molar-refractivity contribution in [2.24, 2.45) is 0 Å². The third kappa shape index (κ3) is 3.51. The Bertz CT molecular complexity index is 895. The Morgan fingerprint density at radius 3 is 2.46 bits per heavy atom. The Morgan fingerprint density at radius 1 is 0.958 bits per heavy atom. The standard InChI is InChI=1S/C19H15F2NO2/c1-12(19(23)22-15-7-9-17(20)18(21)11-15)24-16-8-6-13-4-2-3-5-14(13)10-16/h2-12H,1H3,(H,22,23)/t12-/m1/s1. The van der Waals surface area contributed by atoms with Crippen molar-refractivity contribution in [2.45, 2.75) is 13.0 Å². The van der Waals surface area contributed by atoms with Crippen LogP contribution in [0.25, 0.3) is 10.8 Å². The molecule has 1 amide bonds. The number of ether oxygens (including phenoxy) is 1. The van der Waals surface area contributed by atoms with Gasteiger partial charge < -0.3 is 10.1 Å². The highest BCUT2D eigenvalue weighted by molar-refractivity contribution is 5.94. The van der Waals surface area contributed by atoms with E-state index in [0.29, 0.717) is 5.75 Å². The zero-order chi connectivity index (χ0) is 17.1. The summed E-state index contributed by atoms with van der Waals surface area (Å²) < 4.78 is 31.7. The molecule has 24 heavy (non-hydrogen) atoms. The van der Waals surface area contributed by atoms with Crippen molar-refractivity contribution in [3.63, 3.8) is 0 Å². The largest absolute Gasteiger partial charge is 0.481 e. The van der Waals surface area contributed by atoms with E-state index in [1.165, 1.54) is 6.07 Å². The van der Waals surface area contributed by atoms with Gasteiger partial charge in [0.1, 0.15) is 5.75 Å². The topological polar surface area (TPSA) is 38.3 Å². The molecule has 0 fully saturated rings. The molecule has 0 saturated heterocycles. The SMILES string of the molecule is C[C@@H](Oc1ccc2ccccc2c1)C(=O)Nc1ccc(F)c(F)c1. The number of rotatable bonds is 4. The van der Waals surface area contributed by atoms with E-state index in [1.54, 1.807) is 13.0 Å². The number of carbonyl (C=O) groups is 1. The first-order chi connectivity index (χ1) is 11.5. The molecule has 0 aliphatic rings. The highest BCUT2D eigenvalue weighted by Gasteiger charge is 2.16. The predicted molar refractivity (Wildman–Crippen MR) is 89.0 cm³/mol. The third-order valence-corrected chi connectivity index (χ3v) is 3.59. The highest BCUT2D eigenvalue weighted by atomic mass is 19.2. The molecule has 0 unspecified atom stereocenters. The number of fused-ring (bicyclic) bond motifs is 1. The highest BCUT2D eigenvalue weighted by Crippen LogP contribution is 2.22. The smallest absolute Gasteiger partial charge is 0.265 e. The van der Waals surface area contributed by atoms with Crippen molar-refractivity contribution < 1.29 is 18.3 Å². The van der Waals surface area contributed by atoms with Crippen molar-refractivity contribution in [1.29, 1.82) is 0 Å². The van der Waals surface area contributed by atoms with Crippen LogP contribution in [0.2, 0.25) is 0 Å². The fraction of sp³-hybridized carbons (Fsp3) is 0.105. The molecule has 122 valence electrons. The first kappa shape index (κ1) is 15.9. The lowest BCUT2D eigenvalue weighted by molar-refractivity contribution is -0.122. The number of nitrogens with one attached hydrogen (secondary N) is 1. The average molecular weight is 327 g/mol. The van der Waals surface area contributed by atoms with Crippen LogP contribution in [-0.4, -0.2) is 12.0 Å². The van der Waals surface area contributed by atoms with Gasteiger partial charge in [-0.15, -0.1) is 0 Å². The number of carbonyl (C=O) groups excluding carboxylic acids is 1. The normalized spacial score (nSPS) is 12.0. The van der Waals surface area contributed by atoms with Crippen molar-refractivity contribution in [2.75, 3.05) is 5.32 Å². The van der Waals surface area contributed by atoms with E-state index in [1.807, 2.05) is 36.4 Å². The summed E-state index contributed by atoms with van der Waals surface area (Å²) in [7, 11) is 0. The molecule has 0 bridgehead atoms. The van der Waals surface area contributed by atoms with Gasteiger partial charge in [-0.25, -0.2) is 8.78 Å². The van der Waals surface area contributed by atoms with Crippen LogP contribution in [0, 0.1) is 11.6 Å². The molecule has 3 aromatic rings. The van der Waals surface area contributed by atoms with Crippen LogP contribution < -0.4 is 10.1 Å². The Balaban J connectivity index is 1.69. The molecule has 1 N–H and O–H groups in total. The summed E-state index contributed by atoms with van der Waals surface area (Å²) in [6.07, 6.45) is -0.792. The van der Waals surface area contributed by atoms with Crippen molar-refractivity contribution in [1.82, 2.24) is 0 Å². The van der Waals surface area contributed by atoms with Crippen LogP contribution in [0.3, 0.4) is 0 Å². The molecule has 0 aromatic heterocycles. The van der Waals surface area contributed by atoms with E-state index >= 15 is 0 Å². The second-order valence-electron chi connectivity index (χ2n) is 5.39. The van der Waals surface area contributed by atoms with Gasteiger partial charge in [-0.1, -0.05) is 30.3 Å². The van der Waals surface area contributed by atoms with Crippen molar-refractivity contribution in [3.8, 4) is 5.75 Å². The molecule has 0 spiro atoms. The fourth-order valence-corrected chi connectivity index (χ4v) is 2.32. The maximum atomic E-state index is 13.2. The van der Waals surface area contributed by atoms with Gasteiger partial charge in [-0.2, -0.15) is 0 Å². The summed E-state index contributed by atoms with van der Waals surface area (Å²) in [5.74, 6) is -1.87. The zero-order valence-electron chi connectivity index (χ0n) is 12.9. The molecular formula is C19H15F2NO2. The molecular weight excluding hydrogens is 312 g/mol. The molecule has 3 aromatic carbocycles. The fourth-order valence-electron chi connectivity index (χ4n) is 2.32. The van der Waals surface area contributed by atoms with Gasteiger partial charge in [0.2, 0.25) is 0 Å². The maximum Gasteiger partial charge on any atom is 0.265 e. The molecule has 3 nitrogen and oxygen atoms in total. The first-order valence-corrected chi connectivity index (χ1v) is 7.44. The summed E-state index contributed by atoms with van der Waals surface area (Å²) in [6.45, 7) is 1.59. The Hall–Kier alpha value is -2.95. The minimum atomic E-state index is -1.02. The number of hydrogen-bond donors (Lipinski definition) is 1. The van der Waals surface area contributed by atoms with E-state index in [0.717, 1.165) is 22.9 Å². The summed E-state index contributed by atoms with van der Waals surface area (Å²) in [5, 5.41) is 4.57. The Labute approximate surface area is 137 Å². The summed E-state index contributed by atoms with van der Waals surface area (Å²) >= 11 is 0. The summed E-state index contributed by atoms with van der Waals surface area (Å²) in [5.41, 5.74) is 0.174. The zero-order valence-corrected chi connectivity index (χ0v) is 12.9. The minimum absolute atomic E-state index is 0.174. The number of anilines is 1. The van der Waals surface area contributed by atoms with Crippen molar-refractivity contribution in [3.05, 3.63) is 72.3 Å². The van der Waals surface area contributed by atoms with Gasteiger partial charge in [-0.3, -0.25) is 4.79 Å². The van der Waals surface area contributed by atoms with E-state index in [-0.39, 0.29) is 5.69 Å². The van der Waals surface area contributed by atoms with E-state index in [2.05, 4.69) is 5.32 Å². The molecule has 0 aliphatic heterocycles. The lowest BCUT2D eigenvalue weighted by atomic mass is 10.1. The molecule has 0 heterocycles. The number of hydrogen-bond acceptors (Lipinski definition) is 2. The number of benzene rings is 3. The van der Waals surface area contributed by atoms with Gasteiger partial charge >= 0.3 is 0 Å². The van der Waals surface area contributed by atoms with Crippen LogP contribution in [-0.2, 0) is 4.79 Å². The van der Waals surface area contributed by atoms with Crippen LogP contribution >= 0.6 is 0 Å². The molecule has 3 rings (SSSR count). The van der Waals surface area contributed by atoms with E-state index in [4.69, 9.17) is 4.74 Å². The molecule has 0 radical (unpaired) electrons. The minimum Gasteiger partial charge on any atom is -0.481 e. The van der Waals surface area contributed by atoms with Crippen LogP contribution in [0.15, 0.2) is 60.7 Å². The monoisotopic (exact) mass is 327 g/mol. The molecule has 0 aliphatic carbocycles. The van der Waals surface area contributed by atoms with Crippen LogP contribution in [0.1, 0.15) is 6.92 Å². The van der Waals surface area contributed by atoms with Gasteiger partial charge in [-0.05, 0) is 42.0 Å². The Morgan fingerprint density at radius 2 is 1.71 bits per heavy atom. The maximum absolute atomic E-state index is 13.2. The average Bonchev–Trinajstić information content (AvgIpc) is 2.58. The first-order valence-electron chi connectivity index (χ1n) is 7.44. The molecule has 0 saturated carbocycles. The van der Waals surface area contributed by atoms with Crippen LogP contribution in [0.5, 0.6) is 5.75 Å². The third-order valence-electron chi connectivity index (χ3n) is 3.59. The van der Waals surface area contributed by atoms with Gasteiger partial charge in [0.15, 0.2) is 17.7 Å². The second-order valence-corrected chi connectivity index (χ2v) is 5.39. The van der Waals surface area contributed by atoms with E-state index < -0.39 is 23.6 Å². The summed E-state index contributed by atoms with van der Waals surface area (Å²) in [6, 6.07) is 16.5. The molecule has 5 heteroatoms. The quantitative estimate of drug-likeness (QED) is 0.765. The summed E-state index contributed by atoms with van der Waals surface area (Å²) in [4.78, 5) is 12.1. The Kier molecular flexibility index (Phi) is 4.42. The van der Waals surface area contributed by atoms with Gasteiger partial charge in [0.25, 0.3) is 5.91 Å². The lowest BCUT2D eigenvalue weighted by Crippen LogP contribution is -2.30. The van der Waals surface area contributed by atoms with Gasteiger partial charge in [0.05, 0.1) is 0 Å². The van der Waals surface area contributed by atoms with Gasteiger partial charge in [0, 0.05) is 11.8 Å². The van der Waals surface area contributed by atoms with Crippen molar-refractivity contribution >= 4 is 22.4 Å². The predicted octanol–water partition coefficient (Wildman–Crippen LogP) is 4.52. The molecule has 1 atom stereocenters. The number of halogens is 2. The van der Waals surface area contributed by atoms with E-state index in [9.17, 15) is 13.6 Å².